The van der Waals surface area contributed by atoms with Gasteiger partial charge in [-0.3, -0.25) is 14.5 Å². The smallest absolute Gasteiger partial charge is 0.330 e. The van der Waals surface area contributed by atoms with Crippen molar-refractivity contribution in [1.82, 2.24) is 0 Å². The molecular weight excluding hydrogens is 334 g/mol. The van der Waals surface area contributed by atoms with E-state index < -0.39 is 17.7 Å². The van der Waals surface area contributed by atoms with Gasteiger partial charge in [0.2, 0.25) is 0 Å². The van der Waals surface area contributed by atoms with Crippen molar-refractivity contribution in [2.75, 3.05) is 19.1 Å². The van der Waals surface area contributed by atoms with Gasteiger partial charge in [0.1, 0.15) is 5.75 Å². The number of ether oxygens (including phenoxy) is 2. The zero-order valence-corrected chi connectivity index (χ0v) is 14.4. The Kier molecular flexibility index (Phi) is 4.84. The van der Waals surface area contributed by atoms with Crippen molar-refractivity contribution in [3.8, 4) is 5.75 Å². The second kappa shape index (κ2) is 7.23. The van der Waals surface area contributed by atoms with Crippen molar-refractivity contribution in [2.24, 2.45) is 0 Å². The number of benzene rings is 2. The van der Waals surface area contributed by atoms with Crippen molar-refractivity contribution in [3.63, 3.8) is 0 Å². The van der Waals surface area contributed by atoms with Crippen LogP contribution in [0.1, 0.15) is 21.5 Å². The molecule has 1 aliphatic rings. The number of rotatable bonds is 5. The Morgan fingerprint density at radius 1 is 1.08 bits per heavy atom. The lowest BCUT2D eigenvalue weighted by atomic mass is 10.1. The molecule has 3 rings (SSSR count). The van der Waals surface area contributed by atoms with Crippen LogP contribution in [0.2, 0.25) is 0 Å². The molecule has 0 atom stereocenters. The number of carbonyl (C=O) groups excluding carboxylic acids is 3. The highest BCUT2D eigenvalue weighted by Crippen LogP contribution is 2.34. The number of hydrogen-bond acceptors (Lipinski definition) is 5. The van der Waals surface area contributed by atoms with Crippen LogP contribution in [0.3, 0.4) is 0 Å². The fourth-order valence-electron chi connectivity index (χ4n) is 2.81. The summed E-state index contributed by atoms with van der Waals surface area (Å²) in [5.74, 6) is -0.948. The van der Waals surface area contributed by atoms with Crippen LogP contribution in [0.25, 0.3) is 6.08 Å². The first-order valence-electron chi connectivity index (χ1n) is 7.93. The molecule has 132 valence electrons. The number of carbonyl (C=O) groups is 3. The highest BCUT2D eigenvalue weighted by molar-refractivity contribution is 6.52. The molecule has 0 N–H and O–H groups in total. The van der Waals surface area contributed by atoms with E-state index in [-0.39, 0.29) is 6.54 Å². The summed E-state index contributed by atoms with van der Waals surface area (Å²) in [6, 6.07) is 12.3. The van der Waals surface area contributed by atoms with Gasteiger partial charge in [-0.25, -0.2) is 4.79 Å². The van der Waals surface area contributed by atoms with Gasteiger partial charge in [-0.15, -0.1) is 0 Å². The van der Waals surface area contributed by atoms with Crippen molar-refractivity contribution >= 4 is 29.4 Å². The molecule has 1 amide bonds. The maximum Gasteiger partial charge on any atom is 0.330 e. The van der Waals surface area contributed by atoms with Gasteiger partial charge in [-0.1, -0.05) is 24.3 Å². The van der Waals surface area contributed by atoms with Gasteiger partial charge >= 0.3 is 5.97 Å². The third kappa shape index (κ3) is 3.21. The van der Waals surface area contributed by atoms with Crippen LogP contribution in [0.15, 0.2) is 48.5 Å². The summed E-state index contributed by atoms with van der Waals surface area (Å²) in [4.78, 5) is 37.6. The first-order valence-corrected chi connectivity index (χ1v) is 7.93. The minimum absolute atomic E-state index is 0.241. The number of anilines is 1. The monoisotopic (exact) mass is 351 g/mol. The molecule has 1 heterocycles. The van der Waals surface area contributed by atoms with E-state index in [2.05, 4.69) is 4.74 Å². The third-order valence-electron chi connectivity index (χ3n) is 4.12. The number of Topliss-reactive ketones (excluding diaryl/α,β-unsaturated/α-hetero) is 1. The SMILES string of the molecule is COC(=O)/C=C/c1cccc2c1N(Cc1ccc(OC)cc1)C(=O)C2=O. The molecule has 0 fully saturated rings. The van der Waals surface area contributed by atoms with Crippen LogP contribution >= 0.6 is 0 Å². The summed E-state index contributed by atoms with van der Waals surface area (Å²) in [5.41, 5.74) is 2.28. The number of esters is 1. The molecule has 0 unspecified atom stereocenters. The Balaban J connectivity index is 1.98. The van der Waals surface area contributed by atoms with Gasteiger partial charge in [0.15, 0.2) is 0 Å². The quantitative estimate of drug-likeness (QED) is 0.470. The molecule has 0 saturated heterocycles. The Morgan fingerprint density at radius 2 is 1.81 bits per heavy atom. The zero-order chi connectivity index (χ0) is 18.7. The Labute approximate surface area is 150 Å². The van der Waals surface area contributed by atoms with E-state index in [0.717, 1.165) is 5.56 Å². The molecule has 26 heavy (non-hydrogen) atoms. The molecule has 0 saturated carbocycles. The largest absolute Gasteiger partial charge is 0.497 e. The summed E-state index contributed by atoms with van der Waals surface area (Å²) in [7, 11) is 2.86. The third-order valence-corrected chi connectivity index (χ3v) is 4.12. The first-order chi connectivity index (χ1) is 12.5. The van der Waals surface area contributed by atoms with Crippen LogP contribution in [0, 0.1) is 0 Å². The molecule has 2 aromatic carbocycles. The lowest BCUT2D eigenvalue weighted by Crippen LogP contribution is -2.29. The molecule has 2 aromatic rings. The maximum atomic E-state index is 12.5. The van der Waals surface area contributed by atoms with E-state index in [1.807, 2.05) is 12.1 Å². The summed E-state index contributed by atoms with van der Waals surface area (Å²) >= 11 is 0. The summed E-state index contributed by atoms with van der Waals surface area (Å²) in [6.45, 7) is 0.241. The van der Waals surface area contributed by atoms with Crippen molar-refractivity contribution in [3.05, 3.63) is 65.2 Å². The standard InChI is InChI=1S/C20H17NO5/c1-25-15-9-6-13(7-10-15)12-21-18-14(8-11-17(22)26-2)4-3-5-16(18)19(23)20(21)24/h3-11H,12H2,1-2H3/b11-8+. The van der Waals surface area contributed by atoms with Crippen LogP contribution in [0.4, 0.5) is 5.69 Å². The summed E-state index contributed by atoms with van der Waals surface area (Å²) in [6.07, 6.45) is 2.80. The molecule has 0 radical (unpaired) electrons. The maximum absolute atomic E-state index is 12.5. The number of amides is 1. The zero-order valence-electron chi connectivity index (χ0n) is 14.4. The lowest BCUT2D eigenvalue weighted by Gasteiger charge is -2.19. The van der Waals surface area contributed by atoms with Gasteiger partial charge in [0.05, 0.1) is 32.0 Å². The molecule has 0 aliphatic carbocycles. The predicted molar refractivity (Wildman–Crippen MR) is 96.0 cm³/mol. The minimum Gasteiger partial charge on any atom is -0.497 e. The lowest BCUT2D eigenvalue weighted by molar-refractivity contribution is -0.134. The van der Waals surface area contributed by atoms with Gasteiger partial charge in [-0.2, -0.15) is 0 Å². The fraction of sp³-hybridized carbons (Fsp3) is 0.150. The molecule has 6 heteroatoms. The number of para-hydroxylation sites is 1. The number of fused-ring (bicyclic) bond motifs is 1. The van der Waals surface area contributed by atoms with Gasteiger partial charge in [-0.05, 0) is 35.4 Å². The Morgan fingerprint density at radius 3 is 2.46 bits per heavy atom. The van der Waals surface area contributed by atoms with Crippen molar-refractivity contribution < 1.29 is 23.9 Å². The second-order valence-corrected chi connectivity index (χ2v) is 5.67. The fourth-order valence-corrected chi connectivity index (χ4v) is 2.81. The number of methoxy groups -OCH3 is 2. The predicted octanol–water partition coefficient (Wildman–Crippen LogP) is 2.61. The van der Waals surface area contributed by atoms with E-state index in [0.29, 0.717) is 22.6 Å². The van der Waals surface area contributed by atoms with Gasteiger partial charge < -0.3 is 9.47 Å². The number of hydrogen-bond donors (Lipinski definition) is 0. The van der Waals surface area contributed by atoms with Crippen LogP contribution in [0.5, 0.6) is 5.75 Å². The van der Waals surface area contributed by atoms with Gasteiger partial charge in [0.25, 0.3) is 11.7 Å². The average molecular weight is 351 g/mol. The molecular formula is C20H17NO5. The normalized spacial score (nSPS) is 13.2. The molecule has 0 spiro atoms. The molecule has 0 aromatic heterocycles. The van der Waals surface area contributed by atoms with Crippen LogP contribution in [-0.2, 0) is 20.9 Å². The minimum atomic E-state index is -0.588. The second-order valence-electron chi connectivity index (χ2n) is 5.67. The Hall–Kier alpha value is -3.41. The number of nitrogens with zero attached hydrogens (tertiary/aromatic N) is 1. The highest BCUT2D eigenvalue weighted by atomic mass is 16.5. The van der Waals surface area contributed by atoms with Gasteiger partial charge in [0, 0.05) is 6.08 Å². The molecule has 6 nitrogen and oxygen atoms in total. The van der Waals surface area contributed by atoms with Crippen LogP contribution < -0.4 is 9.64 Å². The topological polar surface area (TPSA) is 72.9 Å². The number of ketones is 1. The highest BCUT2D eigenvalue weighted by Gasteiger charge is 2.37. The molecule has 0 bridgehead atoms. The van der Waals surface area contributed by atoms with E-state index >= 15 is 0 Å². The summed E-state index contributed by atoms with van der Waals surface area (Å²) < 4.78 is 9.72. The Bertz CT molecular complexity index is 899. The average Bonchev–Trinajstić information content (AvgIpc) is 2.92. The van der Waals surface area contributed by atoms with E-state index in [1.54, 1.807) is 37.4 Å². The van der Waals surface area contributed by atoms with E-state index in [1.165, 1.54) is 24.2 Å². The van der Waals surface area contributed by atoms with E-state index in [9.17, 15) is 14.4 Å². The summed E-state index contributed by atoms with van der Waals surface area (Å²) in [5, 5.41) is 0. The van der Waals surface area contributed by atoms with E-state index in [4.69, 9.17) is 4.74 Å². The van der Waals surface area contributed by atoms with Crippen molar-refractivity contribution in [1.29, 1.82) is 0 Å². The van der Waals surface area contributed by atoms with Crippen LogP contribution in [-0.4, -0.2) is 31.9 Å². The molecule has 1 aliphatic heterocycles. The first kappa shape index (κ1) is 17.4. The van der Waals surface area contributed by atoms with Crippen molar-refractivity contribution in [2.45, 2.75) is 6.54 Å².